The van der Waals surface area contributed by atoms with Crippen molar-refractivity contribution in [1.82, 2.24) is 0 Å². The molecule has 0 aromatic rings. The molecule has 0 aromatic heterocycles. The van der Waals surface area contributed by atoms with Gasteiger partial charge in [-0.25, -0.2) is 0 Å². The molecule has 0 spiro atoms. The number of methoxy groups -OCH3 is 1. The molecule has 1 unspecified atom stereocenters. The minimum Gasteiger partial charge on any atom is -0.499 e. The number of hydrogen-bond donors (Lipinski definition) is 0. The molecule has 0 N–H and O–H groups in total. The van der Waals surface area contributed by atoms with Gasteiger partial charge in [-0.05, 0) is 5.92 Å². The van der Waals surface area contributed by atoms with Gasteiger partial charge >= 0.3 is 0 Å². The second-order valence-electron chi connectivity index (χ2n) is 2.88. The summed E-state index contributed by atoms with van der Waals surface area (Å²) >= 11 is 5.70. The molecule has 0 bridgehead atoms. The van der Waals surface area contributed by atoms with Gasteiger partial charge in [-0.1, -0.05) is 18.5 Å². The van der Waals surface area contributed by atoms with E-state index in [9.17, 15) is 4.79 Å². The van der Waals surface area contributed by atoms with Crippen molar-refractivity contribution in [3.05, 3.63) is 10.8 Å². The first-order chi connectivity index (χ1) is 5.15. The Balaban J connectivity index is 2.85. The van der Waals surface area contributed by atoms with Gasteiger partial charge < -0.3 is 4.74 Å². The van der Waals surface area contributed by atoms with Gasteiger partial charge in [0.1, 0.15) is 10.8 Å². The molecule has 0 aliphatic heterocycles. The maximum atomic E-state index is 11.1. The predicted octanol–water partition coefficient (Wildman–Crippen LogP) is 2.08. The molecule has 62 valence electrons. The van der Waals surface area contributed by atoms with Gasteiger partial charge in [0.15, 0.2) is 5.78 Å². The van der Waals surface area contributed by atoms with E-state index in [4.69, 9.17) is 16.3 Å². The van der Waals surface area contributed by atoms with Crippen molar-refractivity contribution < 1.29 is 9.53 Å². The number of carbonyl (C=O) groups is 1. The quantitative estimate of drug-likeness (QED) is 0.571. The van der Waals surface area contributed by atoms with E-state index in [1.807, 2.05) is 6.92 Å². The summed E-state index contributed by atoms with van der Waals surface area (Å²) in [4.78, 5) is 11.1. The summed E-state index contributed by atoms with van der Waals surface area (Å²) in [5.41, 5.74) is 0. The largest absolute Gasteiger partial charge is 0.499 e. The smallest absolute Gasteiger partial charge is 0.177 e. The fourth-order valence-electron chi connectivity index (χ4n) is 1.21. The SMILES string of the molecule is COC1=[13C](Cl)C(=O)CC(C)C1. The minimum absolute atomic E-state index is 0.00210. The van der Waals surface area contributed by atoms with Crippen LogP contribution in [0.5, 0.6) is 0 Å². The number of ether oxygens (including phenoxy) is 1. The second-order valence-corrected chi connectivity index (χ2v) is 3.26. The molecular formula is C8H11ClO2. The molecule has 11 heavy (non-hydrogen) atoms. The van der Waals surface area contributed by atoms with Crippen LogP contribution in [0.25, 0.3) is 0 Å². The fourth-order valence-corrected chi connectivity index (χ4v) is 1.44. The summed E-state index contributed by atoms with van der Waals surface area (Å²) in [6.07, 6.45) is 1.33. The Bertz CT molecular complexity index is 208. The maximum absolute atomic E-state index is 11.1. The summed E-state index contributed by atoms with van der Waals surface area (Å²) in [6.45, 7) is 2.01. The Morgan fingerprint density at radius 2 is 2.18 bits per heavy atom. The molecule has 0 heterocycles. The third kappa shape index (κ3) is 1.74. The molecule has 0 radical (unpaired) electrons. The van der Waals surface area contributed by atoms with Crippen LogP contribution in [0.4, 0.5) is 0 Å². The fraction of sp³-hybridized carbons (Fsp3) is 0.625. The molecule has 1 aliphatic rings. The van der Waals surface area contributed by atoms with Crippen LogP contribution >= 0.6 is 11.6 Å². The molecule has 1 atom stereocenters. The zero-order valence-corrected chi connectivity index (χ0v) is 7.44. The first-order valence-electron chi connectivity index (χ1n) is 3.61. The van der Waals surface area contributed by atoms with E-state index in [1.54, 1.807) is 7.11 Å². The average molecular weight is 176 g/mol. The van der Waals surface area contributed by atoms with Gasteiger partial charge in [0.2, 0.25) is 0 Å². The monoisotopic (exact) mass is 175 g/mol. The van der Waals surface area contributed by atoms with Gasteiger partial charge in [0.25, 0.3) is 0 Å². The van der Waals surface area contributed by atoms with E-state index >= 15 is 0 Å². The maximum Gasteiger partial charge on any atom is 0.177 e. The van der Waals surface area contributed by atoms with Crippen molar-refractivity contribution in [3.8, 4) is 0 Å². The van der Waals surface area contributed by atoms with Crippen molar-refractivity contribution in [1.29, 1.82) is 0 Å². The Morgan fingerprint density at radius 1 is 1.55 bits per heavy atom. The third-order valence-electron chi connectivity index (χ3n) is 1.80. The minimum atomic E-state index is 0.00210. The lowest BCUT2D eigenvalue weighted by atomic mass is 9.99. The lowest BCUT2D eigenvalue weighted by Crippen LogP contribution is -2.15. The Morgan fingerprint density at radius 3 is 2.73 bits per heavy atom. The highest BCUT2D eigenvalue weighted by molar-refractivity contribution is 6.43. The highest BCUT2D eigenvalue weighted by Gasteiger charge is 2.24. The third-order valence-corrected chi connectivity index (χ3v) is 2.23. The standard InChI is InChI=1S/C8H11ClO2/c1-5-3-6(10)8(9)7(4-5)11-2/h5H,3-4H2,1-2H3/i8+1. The van der Waals surface area contributed by atoms with Crippen LogP contribution in [0.3, 0.4) is 0 Å². The van der Waals surface area contributed by atoms with Crippen molar-refractivity contribution in [2.75, 3.05) is 7.11 Å². The molecule has 0 fully saturated rings. The Kier molecular flexibility index (Phi) is 2.55. The Labute approximate surface area is 71.2 Å². The number of hydrogen-bond acceptors (Lipinski definition) is 2. The number of Topliss-reactive ketones (excluding diaryl/α,β-unsaturated/α-hetero) is 1. The predicted molar refractivity (Wildman–Crippen MR) is 43.3 cm³/mol. The zero-order valence-electron chi connectivity index (χ0n) is 6.69. The lowest BCUT2D eigenvalue weighted by Gasteiger charge is -2.19. The van der Waals surface area contributed by atoms with E-state index in [0.717, 1.165) is 6.42 Å². The van der Waals surface area contributed by atoms with Gasteiger partial charge in [0, 0.05) is 12.8 Å². The number of rotatable bonds is 1. The van der Waals surface area contributed by atoms with Crippen LogP contribution in [-0.4, -0.2) is 12.9 Å². The Hall–Kier alpha value is -0.500. The van der Waals surface area contributed by atoms with Crippen LogP contribution in [0, 0.1) is 5.92 Å². The van der Waals surface area contributed by atoms with Crippen molar-refractivity contribution in [2.24, 2.45) is 5.92 Å². The molecule has 2 nitrogen and oxygen atoms in total. The lowest BCUT2D eigenvalue weighted by molar-refractivity contribution is -0.116. The van der Waals surface area contributed by atoms with Gasteiger partial charge in [-0.15, -0.1) is 0 Å². The second kappa shape index (κ2) is 3.26. The van der Waals surface area contributed by atoms with E-state index < -0.39 is 0 Å². The van der Waals surface area contributed by atoms with Crippen LogP contribution < -0.4 is 0 Å². The summed E-state index contributed by atoms with van der Waals surface area (Å²) in [5, 5.41) is 0.283. The molecule has 1 rings (SSSR count). The van der Waals surface area contributed by atoms with E-state index in [0.29, 0.717) is 18.1 Å². The van der Waals surface area contributed by atoms with Crippen LogP contribution in [-0.2, 0) is 9.53 Å². The van der Waals surface area contributed by atoms with Crippen molar-refractivity contribution in [2.45, 2.75) is 19.8 Å². The number of carbonyl (C=O) groups excluding carboxylic acids is 1. The molecular weight excluding hydrogens is 165 g/mol. The number of allylic oxidation sites excluding steroid dienone is 2. The summed E-state index contributed by atoms with van der Waals surface area (Å²) in [7, 11) is 1.54. The van der Waals surface area contributed by atoms with Gasteiger partial charge in [-0.3, -0.25) is 4.79 Å². The highest BCUT2D eigenvalue weighted by atomic mass is 35.5. The summed E-state index contributed by atoms with van der Waals surface area (Å²) < 4.78 is 4.97. The zero-order chi connectivity index (χ0) is 8.43. The van der Waals surface area contributed by atoms with Crippen LogP contribution in [0.15, 0.2) is 10.8 Å². The molecule has 0 saturated heterocycles. The highest BCUT2D eigenvalue weighted by Crippen LogP contribution is 2.28. The normalized spacial score (nSPS) is 25.7. The van der Waals surface area contributed by atoms with E-state index in [1.165, 1.54) is 0 Å². The van der Waals surface area contributed by atoms with Crippen molar-refractivity contribution >= 4 is 17.4 Å². The molecule has 0 aromatic carbocycles. The van der Waals surface area contributed by atoms with E-state index in [2.05, 4.69) is 0 Å². The van der Waals surface area contributed by atoms with Crippen molar-refractivity contribution in [3.63, 3.8) is 0 Å². The first-order valence-corrected chi connectivity index (χ1v) is 3.98. The van der Waals surface area contributed by atoms with Gasteiger partial charge in [0.05, 0.1) is 7.11 Å². The first kappa shape index (κ1) is 8.60. The van der Waals surface area contributed by atoms with E-state index in [-0.39, 0.29) is 10.8 Å². The van der Waals surface area contributed by atoms with Gasteiger partial charge in [-0.2, -0.15) is 0 Å². The summed E-state index contributed by atoms with van der Waals surface area (Å²) in [5.74, 6) is 0.998. The molecule has 0 saturated carbocycles. The topological polar surface area (TPSA) is 26.3 Å². The van der Waals surface area contributed by atoms with Crippen LogP contribution in [0.2, 0.25) is 0 Å². The molecule has 0 amide bonds. The van der Waals surface area contributed by atoms with Crippen LogP contribution in [0.1, 0.15) is 19.8 Å². The average Bonchev–Trinajstić information content (AvgIpc) is 1.96. The number of halogens is 1. The molecule has 1 aliphatic carbocycles. The summed E-state index contributed by atoms with van der Waals surface area (Å²) in [6, 6.07) is 0. The number of ketones is 1. The molecule has 3 heteroatoms.